The molecular formula is C23H19FN6O2. The van der Waals surface area contributed by atoms with E-state index in [0.717, 1.165) is 10.9 Å². The van der Waals surface area contributed by atoms with E-state index in [1.807, 2.05) is 24.3 Å². The summed E-state index contributed by atoms with van der Waals surface area (Å²) in [6, 6.07) is 13.9. The van der Waals surface area contributed by atoms with Gasteiger partial charge in [-0.05, 0) is 12.1 Å². The van der Waals surface area contributed by atoms with E-state index in [0.29, 0.717) is 35.2 Å². The summed E-state index contributed by atoms with van der Waals surface area (Å²) in [7, 11) is 0. The number of para-hydroxylation sites is 1. The van der Waals surface area contributed by atoms with Gasteiger partial charge >= 0.3 is 0 Å². The number of benzene rings is 2. The summed E-state index contributed by atoms with van der Waals surface area (Å²) in [5.74, 6) is -0.569. The van der Waals surface area contributed by atoms with Crippen molar-refractivity contribution in [2.45, 2.75) is 13.1 Å². The van der Waals surface area contributed by atoms with Crippen molar-refractivity contribution >= 4 is 27.8 Å². The van der Waals surface area contributed by atoms with Crippen LogP contribution in [-0.4, -0.2) is 36.8 Å². The molecule has 3 heterocycles. The van der Waals surface area contributed by atoms with E-state index in [9.17, 15) is 14.0 Å². The first-order valence-electron chi connectivity index (χ1n) is 10.1. The largest absolute Gasteiger partial charge is 0.360 e. The zero-order valence-electron chi connectivity index (χ0n) is 17.0. The van der Waals surface area contributed by atoms with Gasteiger partial charge in [-0.3, -0.25) is 14.2 Å². The summed E-state index contributed by atoms with van der Waals surface area (Å²) in [5.41, 5.74) is 1.99. The molecule has 0 atom stereocenters. The number of H-pyrrole nitrogens is 1. The van der Waals surface area contributed by atoms with E-state index in [4.69, 9.17) is 0 Å². The zero-order valence-corrected chi connectivity index (χ0v) is 17.0. The highest BCUT2D eigenvalue weighted by molar-refractivity contribution is 6.06. The molecule has 0 saturated heterocycles. The summed E-state index contributed by atoms with van der Waals surface area (Å²) in [5, 5.41) is 8.31. The molecule has 8 nitrogen and oxygen atoms in total. The molecule has 3 aromatic heterocycles. The van der Waals surface area contributed by atoms with Gasteiger partial charge in [0.05, 0.1) is 24.8 Å². The first-order valence-corrected chi connectivity index (χ1v) is 10.1. The quantitative estimate of drug-likeness (QED) is 0.433. The number of nitrogens with one attached hydrogen (secondary N) is 2. The van der Waals surface area contributed by atoms with Crippen molar-refractivity contribution in [3.63, 3.8) is 0 Å². The lowest BCUT2D eigenvalue weighted by molar-refractivity contribution is 0.0953. The minimum absolute atomic E-state index is 0.0836. The molecule has 9 heteroatoms. The van der Waals surface area contributed by atoms with E-state index >= 15 is 0 Å². The Labute approximate surface area is 181 Å². The lowest BCUT2D eigenvalue weighted by Gasteiger charge is -2.08. The van der Waals surface area contributed by atoms with Gasteiger partial charge in [0.2, 0.25) is 0 Å². The number of hydrogen-bond donors (Lipinski definition) is 2. The normalized spacial score (nSPS) is 11.3. The Hall–Kier alpha value is -4.27. The maximum atomic E-state index is 13.9. The average molecular weight is 430 g/mol. The van der Waals surface area contributed by atoms with Crippen molar-refractivity contribution in [2.24, 2.45) is 0 Å². The van der Waals surface area contributed by atoms with E-state index in [2.05, 4.69) is 20.4 Å². The van der Waals surface area contributed by atoms with Crippen LogP contribution in [0.3, 0.4) is 0 Å². The van der Waals surface area contributed by atoms with Crippen LogP contribution < -0.4 is 10.9 Å². The third kappa shape index (κ3) is 3.53. The van der Waals surface area contributed by atoms with Gasteiger partial charge < -0.3 is 10.3 Å². The third-order valence-corrected chi connectivity index (χ3v) is 5.36. The van der Waals surface area contributed by atoms with Crippen LogP contribution in [0.1, 0.15) is 15.9 Å². The Balaban J connectivity index is 1.30. The Morgan fingerprint density at radius 1 is 1.09 bits per heavy atom. The van der Waals surface area contributed by atoms with Gasteiger partial charge in [0.1, 0.15) is 17.5 Å². The van der Waals surface area contributed by atoms with Gasteiger partial charge in [0, 0.05) is 29.2 Å². The molecule has 0 unspecified atom stereocenters. The summed E-state index contributed by atoms with van der Waals surface area (Å²) in [4.78, 5) is 32.8. The summed E-state index contributed by atoms with van der Waals surface area (Å²) < 4.78 is 16.9. The van der Waals surface area contributed by atoms with Crippen LogP contribution in [0.5, 0.6) is 0 Å². The number of carbonyl (C=O) groups is 1. The molecule has 5 rings (SSSR count). The fourth-order valence-corrected chi connectivity index (χ4v) is 3.71. The van der Waals surface area contributed by atoms with Crippen molar-refractivity contribution in [2.75, 3.05) is 6.54 Å². The van der Waals surface area contributed by atoms with Crippen molar-refractivity contribution < 1.29 is 9.18 Å². The Bertz CT molecular complexity index is 1500. The number of halogens is 1. The molecule has 160 valence electrons. The lowest BCUT2D eigenvalue weighted by Crippen LogP contribution is -2.27. The fraction of sp³-hybridized carbons (Fsp3) is 0.130. The van der Waals surface area contributed by atoms with Crippen molar-refractivity contribution in [1.82, 2.24) is 29.6 Å². The Morgan fingerprint density at radius 2 is 1.91 bits per heavy atom. The first kappa shape index (κ1) is 19.7. The molecular weight excluding hydrogens is 411 g/mol. The molecule has 0 fully saturated rings. The van der Waals surface area contributed by atoms with Crippen molar-refractivity contribution in [3.8, 4) is 0 Å². The molecule has 32 heavy (non-hydrogen) atoms. The van der Waals surface area contributed by atoms with E-state index < -0.39 is 0 Å². The third-order valence-electron chi connectivity index (χ3n) is 5.36. The van der Waals surface area contributed by atoms with Gasteiger partial charge in [0.15, 0.2) is 5.65 Å². The lowest BCUT2D eigenvalue weighted by atomic mass is 10.1. The molecule has 0 spiro atoms. The highest BCUT2D eigenvalue weighted by Crippen LogP contribution is 2.17. The molecule has 0 aliphatic carbocycles. The monoisotopic (exact) mass is 430 g/mol. The van der Waals surface area contributed by atoms with Gasteiger partial charge in [0.25, 0.3) is 11.5 Å². The summed E-state index contributed by atoms with van der Waals surface area (Å²) >= 11 is 0. The van der Waals surface area contributed by atoms with E-state index in [1.165, 1.54) is 23.2 Å². The van der Waals surface area contributed by atoms with E-state index in [-0.39, 0.29) is 23.8 Å². The second-order valence-corrected chi connectivity index (χ2v) is 7.38. The first-order chi connectivity index (χ1) is 15.6. The zero-order chi connectivity index (χ0) is 22.1. The number of hydrogen-bond acceptors (Lipinski definition) is 4. The van der Waals surface area contributed by atoms with Gasteiger partial charge in [-0.2, -0.15) is 5.10 Å². The molecule has 5 aromatic rings. The number of aromatic nitrogens is 5. The summed E-state index contributed by atoms with van der Waals surface area (Å²) in [6.45, 7) is 0.747. The second-order valence-electron chi connectivity index (χ2n) is 7.38. The van der Waals surface area contributed by atoms with Crippen LogP contribution in [0.25, 0.3) is 21.9 Å². The standard InChI is InChI=1S/C23H19FN6O2/c24-19-7-3-1-5-15(19)13-29-14-27-21-18(23(29)32)12-28-30(21)10-9-25-22(31)17-11-26-20-8-4-2-6-16(17)20/h1-8,11-12,14,26H,9-10,13H2,(H,25,31). The van der Waals surface area contributed by atoms with Crippen LogP contribution in [0.4, 0.5) is 4.39 Å². The maximum absolute atomic E-state index is 13.9. The molecule has 0 bridgehead atoms. The predicted molar refractivity (Wildman–Crippen MR) is 118 cm³/mol. The van der Waals surface area contributed by atoms with Gasteiger partial charge in [-0.25, -0.2) is 14.1 Å². The van der Waals surface area contributed by atoms with Crippen LogP contribution in [0.2, 0.25) is 0 Å². The summed E-state index contributed by atoms with van der Waals surface area (Å²) in [6.07, 6.45) is 4.52. The van der Waals surface area contributed by atoms with Crippen LogP contribution >= 0.6 is 0 Å². The number of aromatic amines is 1. The molecule has 2 N–H and O–H groups in total. The topological polar surface area (TPSA) is 97.6 Å². The molecule has 0 saturated carbocycles. The highest BCUT2D eigenvalue weighted by atomic mass is 19.1. The molecule has 0 aliphatic heterocycles. The average Bonchev–Trinajstić information content (AvgIpc) is 3.42. The number of rotatable bonds is 6. The van der Waals surface area contributed by atoms with E-state index in [1.54, 1.807) is 29.1 Å². The minimum Gasteiger partial charge on any atom is -0.360 e. The maximum Gasteiger partial charge on any atom is 0.264 e. The minimum atomic E-state index is -0.374. The van der Waals surface area contributed by atoms with Crippen molar-refractivity contribution in [3.05, 3.63) is 94.5 Å². The Morgan fingerprint density at radius 3 is 2.78 bits per heavy atom. The molecule has 0 aliphatic rings. The van der Waals surface area contributed by atoms with Crippen LogP contribution in [0.15, 0.2) is 72.0 Å². The van der Waals surface area contributed by atoms with Crippen LogP contribution in [-0.2, 0) is 13.1 Å². The number of carbonyl (C=O) groups excluding carboxylic acids is 1. The smallest absolute Gasteiger partial charge is 0.264 e. The number of amides is 1. The van der Waals surface area contributed by atoms with Crippen LogP contribution in [0, 0.1) is 5.82 Å². The second kappa shape index (κ2) is 8.10. The number of nitrogens with zero attached hydrogens (tertiary/aromatic N) is 4. The molecule has 1 amide bonds. The molecule has 2 aromatic carbocycles. The highest BCUT2D eigenvalue weighted by Gasteiger charge is 2.13. The molecule has 0 radical (unpaired) electrons. The van der Waals surface area contributed by atoms with Crippen molar-refractivity contribution in [1.29, 1.82) is 0 Å². The fourth-order valence-electron chi connectivity index (χ4n) is 3.71. The SMILES string of the molecule is O=C(NCCn1ncc2c(=O)n(Cc3ccccc3F)cnc21)c1c[nH]c2ccccc12. The van der Waals surface area contributed by atoms with Gasteiger partial charge in [-0.15, -0.1) is 0 Å². The number of fused-ring (bicyclic) bond motifs is 2. The Kier molecular flexibility index (Phi) is 4.98. The van der Waals surface area contributed by atoms with Gasteiger partial charge in [-0.1, -0.05) is 36.4 Å². The predicted octanol–water partition coefficient (Wildman–Crippen LogP) is 2.69.